The quantitative estimate of drug-likeness (QED) is 0.772. The number of ether oxygens (including phenoxy) is 1. The molecule has 1 aromatic carbocycles. The standard InChI is InChI=1S/C15H16O5/c1-14(2,17)13-15(3,18)10-11(20-13)8-6-4-5-7-9(8)19-12(10)16/h4-7,13,17-18H,1-3H3. The number of hydrogen-bond donors (Lipinski definition) is 2. The van der Waals surface area contributed by atoms with E-state index in [1.54, 1.807) is 24.3 Å². The lowest BCUT2D eigenvalue weighted by atomic mass is 9.84. The molecule has 2 heterocycles. The summed E-state index contributed by atoms with van der Waals surface area (Å²) in [5.74, 6) is 0.286. The van der Waals surface area contributed by atoms with Crippen molar-refractivity contribution in [2.24, 2.45) is 0 Å². The molecule has 0 saturated heterocycles. The fourth-order valence-corrected chi connectivity index (χ4v) is 2.88. The van der Waals surface area contributed by atoms with Crippen molar-refractivity contribution in [2.45, 2.75) is 38.1 Å². The summed E-state index contributed by atoms with van der Waals surface area (Å²) >= 11 is 0. The second kappa shape index (κ2) is 3.84. The minimum atomic E-state index is -1.61. The highest BCUT2D eigenvalue weighted by Crippen LogP contribution is 2.46. The van der Waals surface area contributed by atoms with Crippen LogP contribution in [0.25, 0.3) is 11.0 Å². The minimum absolute atomic E-state index is 0.0586. The van der Waals surface area contributed by atoms with Crippen LogP contribution in [-0.4, -0.2) is 21.9 Å². The van der Waals surface area contributed by atoms with Gasteiger partial charge in [-0.1, -0.05) is 12.1 Å². The molecule has 2 aromatic rings. The number of fused-ring (bicyclic) bond motifs is 3. The van der Waals surface area contributed by atoms with Crippen molar-refractivity contribution in [1.82, 2.24) is 0 Å². The normalized spacial score (nSPS) is 25.6. The molecule has 0 fully saturated rings. The molecular formula is C15H16O5. The first kappa shape index (κ1) is 13.1. The number of para-hydroxylation sites is 1. The van der Waals surface area contributed by atoms with Gasteiger partial charge in [0.1, 0.15) is 22.5 Å². The SMILES string of the molecule is CC(C)(O)C1Oc2c(c(=O)oc3ccccc23)C1(C)O. The van der Waals surface area contributed by atoms with Crippen molar-refractivity contribution >= 4 is 11.0 Å². The van der Waals surface area contributed by atoms with Crippen LogP contribution in [0.1, 0.15) is 26.3 Å². The van der Waals surface area contributed by atoms with Crippen LogP contribution in [-0.2, 0) is 5.60 Å². The highest BCUT2D eigenvalue weighted by Gasteiger charge is 2.53. The first-order chi connectivity index (χ1) is 9.23. The molecule has 5 heteroatoms. The first-order valence-corrected chi connectivity index (χ1v) is 6.40. The van der Waals surface area contributed by atoms with Gasteiger partial charge in [0.2, 0.25) is 0 Å². The Morgan fingerprint density at radius 1 is 1.30 bits per heavy atom. The lowest BCUT2D eigenvalue weighted by Crippen LogP contribution is -2.51. The highest BCUT2D eigenvalue weighted by molar-refractivity contribution is 5.85. The summed E-state index contributed by atoms with van der Waals surface area (Å²) in [7, 11) is 0. The molecule has 0 radical (unpaired) electrons. The lowest BCUT2D eigenvalue weighted by molar-refractivity contribution is -0.123. The smallest absolute Gasteiger partial charge is 0.346 e. The van der Waals surface area contributed by atoms with Crippen molar-refractivity contribution in [3.63, 3.8) is 0 Å². The van der Waals surface area contributed by atoms with E-state index >= 15 is 0 Å². The van der Waals surface area contributed by atoms with E-state index in [4.69, 9.17) is 9.15 Å². The summed E-state index contributed by atoms with van der Waals surface area (Å²) in [4.78, 5) is 12.1. The molecule has 0 aliphatic carbocycles. The topological polar surface area (TPSA) is 79.9 Å². The lowest BCUT2D eigenvalue weighted by Gasteiger charge is -2.33. The van der Waals surface area contributed by atoms with Crippen molar-refractivity contribution in [3.8, 4) is 5.75 Å². The van der Waals surface area contributed by atoms with E-state index in [0.717, 1.165) is 0 Å². The van der Waals surface area contributed by atoms with E-state index in [1.807, 2.05) is 0 Å². The largest absolute Gasteiger partial charge is 0.483 e. The van der Waals surface area contributed by atoms with Gasteiger partial charge in [0.15, 0.2) is 6.10 Å². The Balaban J connectivity index is 2.34. The summed E-state index contributed by atoms with van der Waals surface area (Å²) in [5, 5.41) is 21.4. The van der Waals surface area contributed by atoms with Gasteiger partial charge in [-0.2, -0.15) is 0 Å². The van der Waals surface area contributed by atoms with E-state index < -0.39 is 22.9 Å². The molecule has 1 aromatic heterocycles. The van der Waals surface area contributed by atoms with Gasteiger partial charge in [0.05, 0.1) is 11.0 Å². The van der Waals surface area contributed by atoms with Gasteiger partial charge in [-0.15, -0.1) is 0 Å². The summed E-state index contributed by atoms with van der Waals surface area (Å²) in [6.07, 6.45) is -0.946. The molecule has 0 saturated carbocycles. The van der Waals surface area contributed by atoms with Gasteiger partial charge in [-0.05, 0) is 32.9 Å². The summed E-state index contributed by atoms with van der Waals surface area (Å²) in [5.41, 5.74) is -3.11. The monoisotopic (exact) mass is 276 g/mol. The molecule has 0 bridgehead atoms. The molecule has 20 heavy (non-hydrogen) atoms. The molecule has 106 valence electrons. The zero-order valence-corrected chi connectivity index (χ0v) is 11.5. The van der Waals surface area contributed by atoms with Gasteiger partial charge >= 0.3 is 5.63 Å². The Hall–Kier alpha value is -1.85. The molecule has 1 aliphatic rings. The van der Waals surface area contributed by atoms with Gasteiger partial charge in [-0.3, -0.25) is 0 Å². The maximum atomic E-state index is 12.1. The van der Waals surface area contributed by atoms with Gasteiger partial charge in [0.25, 0.3) is 0 Å². The Morgan fingerprint density at radius 3 is 2.60 bits per heavy atom. The Morgan fingerprint density at radius 2 is 1.95 bits per heavy atom. The zero-order chi connectivity index (χ0) is 14.7. The van der Waals surface area contributed by atoms with Gasteiger partial charge in [-0.25, -0.2) is 4.79 Å². The summed E-state index contributed by atoms with van der Waals surface area (Å²) in [6, 6.07) is 6.95. The molecule has 2 atom stereocenters. The van der Waals surface area contributed by atoms with E-state index in [9.17, 15) is 15.0 Å². The average Bonchev–Trinajstić information content (AvgIpc) is 2.62. The van der Waals surface area contributed by atoms with Crippen LogP contribution in [0.5, 0.6) is 5.75 Å². The Kier molecular flexibility index (Phi) is 2.52. The molecule has 3 rings (SSSR count). The average molecular weight is 276 g/mol. The highest BCUT2D eigenvalue weighted by atomic mass is 16.5. The molecule has 2 unspecified atom stereocenters. The molecule has 0 amide bonds. The van der Waals surface area contributed by atoms with E-state index in [1.165, 1.54) is 20.8 Å². The van der Waals surface area contributed by atoms with E-state index in [2.05, 4.69) is 0 Å². The van der Waals surface area contributed by atoms with Crippen LogP contribution in [0.2, 0.25) is 0 Å². The zero-order valence-electron chi connectivity index (χ0n) is 11.5. The predicted molar refractivity (Wildman–Crippen MR) is 72.8 cm³/mol. The Labute approximate surface area is 115 Å². The predicted octanol–water partition coefficient (Wildman–Crippen LogP) is 1.53. The number of hydrogen-bond acceptors (Lipinski definition) is 5. The molecule has 1 aliphatic heterocycles. The van der Waals surface area contributed by atoms with Crippen LogP contribution < -0.4 is 10.4 Å². The minimum Gasteiger partial charge on any atom is -0.483 e. The van der Waals surface area contributed by atoms with Crippen LogP contribution in [0.15, 0.2) is 33.5 Å². The van der Waals surface area contributed by atoms with Crippen molar-refractivity contribution in [3.05, 3.63) is 40.2 Å². The number of benzene rings is 1. The van der Waals surface area contributed by atoms with Crippen LogP contribution in [0, 0.1) is 0 Å². The van der Waals surface area contributed by atoms with Gasteiger partial charge < -0.3 is 19.4 Å². The van der Waals surface area contributed by atoms with Gasteiger partial charge in [0, 0.05) is 0 Å². The third-order valence-electron chi connectivity index (χ3n) is 3.66. The first-order valence-electron chi connectivity index (χ1n) is 6.40. The van der Waals surface area contributed by atoms with Crippen LogP contribution in [0.3, 0.4) is 0 Å². The second-order valence-corrected chi connectivity index (χ2v) is 5.89. The third-order valence-corrected chi connectivity index (χ3v) is 3.66. The number of aliphatic hydroxyl groups is 2. The molecular weight excluding hydrogens is 260 g/mol. The molecule has 2 N–H and O–H groups in total. The fraction of sp³-hybridized carbons (Fsp3) is 0.400. The Bertz CT molecular complexity index is 736. The second-order valence-electron chi connectivity index (χ2n) is 5.89. The van der Waals surface area contributed by atoms with E-state index in [-0.39, 0.29) is 11.3 Å². The molecule has 0 spiro atoms. The van der Waals surface area contributed by atoms with Crippen LogP contribution >= 0.6 is 0 Å². The molecule has 5 nitrogen and oxygen atoms in total. The fourth-order valence-electron chi connectivity index (χ4n) is 2.88. The maximum absolute atomic E-state index is 12.1. The number of rotatable bonds is 1. The maximum Gasteiger partial charge on any atom is 0.346 e. The van der Waals surface area contributed by atoms with Crippen molar-refractivity contribution in [2.75, 3.05) is 0 Å². The van der Waals surface area contributed by atoms with Crippen molar-refractivity contribution in [1.29, 1.82) is 0 Å². The third kappa shape index (κ3) is 1.67. The van der Waals surface area contributed by atoms with Crippen molar-refractivity contribution < 1.29 is 19.4 Å². The van der Waals surface area contributed by atoms with E-state index in [0.29, 0.717) is 11.0 Å². The summed E-state index contributed by atoms with van der Waals surface area (Å²) in [6.45, 7) is 4.51. The van der Waals surface area contributed by atoms with Crippen LogP contribution in [0.4, 0.5) is 0 Å². The summed E-state index contributed by atoms with van der Waals surface area (Å²) < 4.78 is 10.9.